The van der Waals surface area contributed by atoms with Gasteiger partial charge in [-0.05, 0) is 56.1 Å². The molecule has 3 aliphatic rings. The zero-order valence-corrected chi connectivity index (χ0v) is 25.7. The maximum absolute atomic E-state index is 13.1. The van der Waals surface area contributed by atoms with E-state index < -0.39 is 11.7 Å². The molecule has 236 valence electrons. The van der Waals surface area contributed by atoms with Crippen LogP contribution in [0, 0.1) is 11.3 Å². The van der Waals surface area contributed by atoms with E-state index >= 15 is 0 Å². The highest BCUT2D eigenvalue weighted by atomic mass is 19.4. The highest BCUT2D eigenvalue weighted by molar-refractivity contribution is 5.80. The number of nitrogens with one attached hydrogen (secondary N) is 1. The lowest BCUT2D eigenvalue weighted by Crippen LogP contribution is -2.42. The molecule has 2 aliphatic heterocycles. The number of aliphatic imine (C=N–C) groups is 1. The molecule has 1 aromatic rings. The number of nitrogens with zero attached hydrogens (tertiary/aromatic N) is 4. The predicted octanol–water partition coefficient (Wildman–Crippen LogP) is 7.28. The minimum Gasteiger partial charge on any atom is -0.370 e. The number of alkyl halides is 3. The second-order valence-electron chi connectivity index (χ2n) is 12.7. The number of halogens is 3. The van der Waals surface area contributed by atoms with Crippen molar-refractivity contribution in [2.75, 3.05) is 32.7 Å². The van der Waals surface area contributed by atoms with Crippen LogP contribution in [-0.4, -0.2) is 71.4 Å². The van der Waals surface area contributed by atoms with E-state index in [4.69, 9.17) is 11.1 Å². The third-order valence-corrected chi connectivity index (χ3v) is 9.63. The van der Waals surface area contributed by atoms with Crippen molar-refractivity contribution in [3.8, 4) is 0 Å². The fourth-order valence-electron chi connectivity index (χ4n) is 7.11. The Labute approximate surface area is 251 Å². The normalized spacial score (nSPS) is 22.0. The van der Waals surface area contributed by atoms with Crippen molar-refractivity contribution in [3.05, 3.63) is 35.4 Å². The summed E-state index contributed by atoms with van der Waals surface area (Å²) in [5, 5.41) is 8.95. The summed E-state index contributed by atoms with van der Waals surface area (Å²) in [7, 11) is 0. The number of rotatable bonds is 16. The van der Waals surface area contributed by atoms with Crippen LogP contribution in [-0.2, 0) is 12.6 Å². The zero-order chi connectivity index (χ0) is 30.0. The first-order valence-electron chi connectivity index (χ1n) is 16.6. The molecule has 42 heavy (non-hydrogen) atoms. The molecule has 0 radical (unpaired) electrons. The Balaban J connectivity index is 1.19. The van der Waals surface area contributed by atoms with Crippen LogP contribution in [0.4, 0.5) is 13.2 Å². The number of guanidine groups is 2. The number of unbranched alkanes of at least 4 members (excludes halogenated alkanes) is 3. The van der Waals surface area contributed by atoms with Crippen LogP contribution in [0.15, 0.2) is 29.3 Å². The van der Waals surface area contributed by atoms with E-state index in [-0.39, 0.29) is 6.04 Å². The fraction of sp³-hybridized carbons (Fsp3) is 0.758. The molecule has 0 bridgehead atoms. The van der Waals surface area contributed by atoms with Gasteiger partial charge in [0.2, 0.25) is 0 Å². The summed E-state index contributed by atoms with van der Waals surface area (Å²) in [4.78, 5) is 11.2. The van der Waals surface area contributed by atoms with Crippen LogP contribution in [0.25, 0.3) is 0 Å². The maximum atomic E-state index is 13.1. The molecule has 0 aromatic heterocycles. The van der Waals surface area contributed by atoms with Crippen molar-refractivity contribution < 1.29 is 13.2 Å². The van der Waals surface area contributed by atoms with E-state index in [1.165, 1.54) is 76.3 Å². The van der Waals surface area contributed by atoms with Gasteiger partial charge in [0.25, 0.3) is 0 Å². The van der Waals surface area contributed by atoms with Crippen molar-refractivity contribution in [2.45, 2.75) is 121 Å². The summed E-state index contributed by atoms with van der Waals surface area (Å²) in [6, 6.07) is 6.21. The van der Waals surface area contributed by atoms with Gasteiger partial charge in [-0.1, -0.05) is 82.9 Å². The first kappa shape index (κ1) is 32.5. The molecule has 1 aromatic carbocycles. The molecule has 3 N–H and O–H groups in total. The van der Waals surface area contributed by atoms with E-state index in [0.717, 1.165) is 57.3 Å². The van der Waals surface area contributed by atoms with Gasteiger partial charge >= 0.3 is 6.18 Å². The predicted molar refractivity (Wildman–Crippen MR) is 166 cm³/mol. The summed E-state index contributed by atoms with van der Waals surface area (Å²) in [6.45, 7) is 6.32. The molecule has 1 saturated heterocycles. The molecule has 1 saturated carbocycles. The number of benzene rings is 1. The van der Waals surface area contributed by atoms with Gasteiger partial charge in [-0.25, -0.2) is 0 Å². The van der Waals surface area contributed by atoms with E-state index in [1.54, 1.807) is 6.07 Å². The van der Waals surface area contributed by atoms with Gasteiger partial charge in [0, 0.05) is 32.2 Å². The monoisotopic (exact) mass is 590 g/mol. The third kappa shape index (κ3) is 9.27. The molecule has 4 rings (SSSR count). The number of hydrogen-bond acceptors (Lipinski definition) is 4. The summed E-state index contributed by atoms with van der Waals surface area (Å²) in [5.74, 6) is 2.14. The standard InChI is InChI=1S/C33H53F3N6/c1-2-3-17-30-25-40(32(38)42(30)21-10-7-14-26-12-5-4-6-13-26)20-9-8-18-29-24-39-31(37)41(29)22-19-27-15-11-16-28(23-27)33(34,35)36/h11,15-16,23,26,29-30,38H,2-10,12-14,17-22,24-25H2,1H3,(H2,37,39)/t29-,30+/m1/s1. The smallest absolute Gasteiger partial charge is 0.370 e. The van der Waals surface area contributed by atoms with Gasteiger partial charge in [0.05, 0.1) is 18.2 Å². The van der Waals surface area contributed by atoms with Crippen molar-refractivity contribution in [1.82, 2.24) is 14.7 Å². The van der Waals surface area contributed by atoms with Crippen molar-refractivity contribution in [1.29, 1.82) is 5.41 Å². The van der Waals surface area contributed by atoms with Crippen LogP contribution in [0.2, 0.25) is 0 Å². The lowest BCUT2D eigenvalue weighted by atomic mass is 9.86. The van der Waals surface area contributed by atoms with Crippen molar-refractivity contribution in [3.63, 3.8) is 0 Å². The molecule has 2 heterocycles. The Morgan fingerprint density at radius 3 is 2.40 bits per heavy atom. The van der Waals surface area contributed by atoms with Gasteiger partial charge in [0.1, 0.15) is 0 Å². The lowest BCUT2D eigenvalue weighted by molar-refractivity contribution is -0.137. The molecule has 6 nitrogen and oxygen atoms in total. The number of hydrogen-bond donors (Lipinski definition) is 2. The van der Waals surface area contributed by atoms with Gasteiger partial charge in [0.15, 0.2) is 11.9 Å². The van der Waals surface area contributed by atoms with E-state index in [0.29, 0.717) is 43.0 Å². The third-order valence-electron chi connectivity index (χ3n) is 9.63. The van der Waals surface area contributed by atoms with Crippen molar-refractivity contribution >= 4 is 11.9 Å². The van der Waals surface area contributed by atoms with E-state index in [9.17, 15) is 13.2 Å². The second kappa shape index (κ2) is 15.9. The Morgan fingerprint density at radius 1 is 0.905 bits per heavy atom. The van der Waals surface area contributed by atoms with Gasteiger partial charge in [-0.15, -0.1) is 0 Å². The van der Waals surface area contributed by atoms with Gasteiger partial charge in [-0.2, -0.15) is 13.2 Å². The van der Waals surface area contributed by atoms with Gasteiger partial charge < -0.3 is 20.4 Å². The SMILES string of the molecule is CCCC[C@H]1CN(CCCC[C@@H]2CN=C(N)N2CCc2cccc(C(F)(F)F)c2)C(=N)N1CCCCC1CCCCC1. The summed E-state index contributed by atoms with van der Waals surface area (Å²) in [5.41, 5.74) is 6.22. The highest BCUT2D eigenvalue weighted by Gasteiger charge is 2.34. The van der Waals surface area contributed by atoms with Crippen LogP contribution in [0.5, 0.6) is 0 Å². The lowest BCUT2D eigenvalue weighted by Gasteiger charge is -2.27. The Bertz CT molecular complexity index is 1010. The van der Waals surface area contributed by atoms with Crippen LogP contribution in [0.3, 0.4) is 0 Å². The second-order valence-corrected chi connectivity index (χ2v) is 12.7. The molecule has 9 heteroatoms. The Hall–Kier alpha value is -2.45. The van der Waals surface area contributed by atoms with Crippen molar-refractivity contribution in [2.24, 2.45) is 16.6 Å². The quantitative estimate of drug-likeness (QED) is 0.199. The topological polar surface area (TPSA) is 72.0 Å². The molecule has 0 spiro atoms. The minimum absolute atomic E-state index is 0.187. The van der Waals surface area contributed by atoms with E-state index in [1.807, 2.05) is 0 Å². The average Bonchev–Trinajstić information content (AvgIpc) is 3.48. The first-order valence-corrected chi connectivity index (χ1v) is 16.6. The zero-order valence-electron chi connectivity index (χ0n) is 25.7. The largest absolute Gasteiger partial charge is 0.416 e. The molecule has 0 unspecified atom stereocenters. The molecular formula is C33H53F3N6. The van der Waals surface area contributed by atoms with Crippen LogP contribution in [0.1, 0.15) is 108 Å². The van der Waals surface area contributed by atoms with Crippen LogP contribution >= 0.6 is 0 Å². The summed E-state index contributed by atoms with van der Waals surface area (Å²) < 4.78 is 39.3. The fourth-order valence-corrected chi connectivity index (χ4v) is 7.11. The Morgan fingerprint density at radius 2 is 1.64 bits per heavy atom. The van der Waals surface area contributed by atoms with Crippen LogP contribution < -0.4 is 5.73 Å². The average molecular weight is 591 g/mol. The summed E-state index contributed by atoms with van der Waals surface area (Å²) >= 11 is 0. The minimum atomic E-state index is -4.33. The molecular weight excluding hydrogens is 537 g/mol. The molecule has 1 aliphatic carbocycles. The molecule has 0 amide bonds. The van der Waals surface area contributed by atoms with Gasteiger partial charge in [-0.3, -0.25) is 10.4 Å². The summed E-state index contributed by atoms with van der Waals surface area (Å²) in [6.07, 6.45) is 13.6. The number of nitrogens with two attached hydrogens (primary N) is 1. The highest BCUT2D eigenvalue weighted by Crippen LogP contribution is 2.30. The molecule has 2 fully saturated rings. The first-order chi connectivity index (χ1) is 20.3. The molecule has 2 atom stereocenters. The maximum Gasteiger partial charge on any atom is 0.416 e. The Kier molecular flexibility index (Phi) is 12.3. The van der Waals surface area contributed by atoms with E-state index in [2.05, 4.69) is 26.6 Å².